The van der Waals surface area contributed by atoms with Gasteiger partial charge in [-0.2, -0.15) is 0 Å². The molecule has 4 nitrogen and oxygen atoms in total. The number of hydrogen-bond donors (Lipinski definition) is 3. The fraction of sp³-hybridized carbons (Fsp3) is 0.891. The number of aliphatic hydroxyl groups is 2. The Bertz CT molecular complexity index is 720. The number of nitrogens with one attached hydrogen (secondary N) is 1. The van der Waals surface area contributed by atoms with E-state index in [9.17, 15) is 15.0 Å². The first-order valence-corrected chi connectivity index (χ1v) is 22.6. The van der Waals surface area contributed by atoms with Crippen LogP contribution < -0.4 is 5.32 Å². The van der Waals surface area contributed by atoms with Crippen molar-refractivity contribution in [2.75, 3.05) is 6.61 Å². The van der Waals surface area contributed by atoms with Crippen LogP contribution in [0.15, 0.2) is 24.3 Å². The molecular weight excluding hydrogens is 615 g/mol. The van der Waals surface area contributed by atoms with E-state index in [4.69, 9.17) is 0 Å². The molecule has 3 N–H and O–H groups in total. The van der Waals surface area contributed by atoms with Gasteiger partial charge in [-0.25, -0.2) is 0 Å². The zero-order valence-corrected chi connectivity index (χ0v) is 33.9. The van der Waals surface area contributed by atoms with Gasteiger partial charge in [0.1, 0.15) is 0 Å². The predicted molar refractivity (Wildman–Crippen MR) is 221 cm³/mol. The van der Waals surface area contributed by atoms with E-state index < -0.39 is 12.1 Å². The third-order valence-electron chi connectivity index (χ3n) is 10.4. The second kappa shape index (κ2) is 42.3. The van der Waals surface area contributed by atoms with Crippen LogP contribution in [0.3, 0.4) is 0 Å². The summed E-state index contributed by atoms with van der Waals surface area (Å²) in [5.41, 5.74) is 0. The van der Waals surface area contributed by atoms with Gasteiger partial charge in [-0.3, -0.25) is 4.79 Å². The van der Waals surface area contributed by atoms with Crippen molar-refractivity contribution in [3.63, 3.8) is 0 Å². The number of carbonyl (C=O) groups excluding carboxylic acids is 1. The summed E-state index contributed by atoms with van der Waals surface area (Å²) < 4.78 is 0. The zero-order valence-electron chi connectivity index (χ0n) is 33.9. The Balaban J connectivity index is 3.47. The number of aliphatic hydroxyl groups excluding tert-OH is 2. The molecule has 0 fully saturated rings. The number of carbonyl (C=O) groups is 1. The maximum Gasteiger partial charge on any atom is 0.220 e. The molecule has 0 aliphatic rings. The second-order valence-electron chi connectivity index (χ2n) is 15.5. The highest BCUT2D eigenvalue weighted by Gasteiger charge is 2.17. The van der Waals surface area contributed by atoms with Crippen molar-refractivity contribution in [1.29, 1.82) is 0 Å². The van der Waals surface area contributed by atoms with Crippen molar-refractivity contribution in [3.8, 4) is 0 Å². The van der Waals surface area contributed by atoms with E-state index in [0.29, 0.717) is 6.42 Å². The van der Waals surface area contributed by atoms with E-state index in [0.717, 1.165) is 25.7 Å². The van der Waals surface area contributed by atoms with Crippen LogP contribution >= 0.6 is 0 Å². The van der Waals surface area contributed by atoms with Crippen LogP contribution in [0.5, 0.6) is 0 Å². The highest BCUT2D eigenvalue weighted by Crippen LogP contribution is 2.16. The summed E-state index contributed by atoms with van der Waals surface area (Å²) in [5.74, 6) is -0.0635. The topological polar surface area (TPSA) is 69.6 Å². The molecule has 0 spiro atoms. The molecule has 50 heavy (non-hydrogen) atoms. The predicted octanol–water partition coefficient (Wildman–Crippen LogP) is 14.0. The molecular formula is C46H89NO3. The summed E-state index contributed by atoms with van der Waals surface area (Å²) in [6.07, 6.45) is 54.4. The van der Waals surface area contributed by atoms with Crippen LogP contribution in [0.2, 0.25) is 0 Å². The third-order valence-corrected chi connectivity index (χ3v) is 10.4. The van der Waals surface area contributed by atoms with E-state index in [-0.39, 0.29) is 12.5 Å². The van der Waals surface area contributed by atoms with E-state index >= 15 is 0 Å². The molecule has 0 aromatic carbocycles. The number of allylic oxidation sites excluding steroid dienone is 3. The number of amides is 1. The largest absolute Gasteiger partial charge is 0.394 e. The van der Waals surface area contributed by atoms with Crippen molar-refractivity contribution in [2.24, 2.45) is 0 Å². The minimum Gasteiger partial charge on any atom is -0.394 e. The smallest absolute Gasteiger partial charge is 0.220 e. The van der Waals surface area contributed by atoms with Crippen molar-refractivity contribution < 1.29 is 15.0 Å². The minimum absolute atomic E-state index is 0.0635. The molecule has 2 atom stereocenters. The maximum absolute atomic E-state index is 12.4. The van der Waals surface area contributed by atoms with Gasteiger partial charge in [-0.05, 0) is 38.5 Å². The minimum atomic E-state index is -0.839. The standard InChI is InChI=1S/C46H89NO3/c1-3-5-7-9-11-13-15-17-18-19-20-21-22-23-24-25-26-27-28-30-32-34-36-38-40-42-46(50)47-44(43-48)45(49)41-39-37-35-33-31-29-16-14-12-10-8-6-4-2/h8,10,39,41,44-45,48-49H,3-7,9,11-38,40,42-43H2,1-2H3,(H,47,50)/b10-8-,41-39+/t44-,45+/m0/s1. The average Bonchev–Trinajstić information content (AvgIpc) is 3.12. The molecule has 296 valence electrons. The summed E-state index contributed by atoms with van der Waals surface area (Å²) in [6.45, 7) is 4.27. The molecule has 1 amide bonds. The number of hydrogen-bond acceptors (Lipinski definition) is 3. The van der Waals surface area contributed by atoms with Crippen molar-refractivity contribution in [2.45, 2.75) is 257 Å². The lowest BCUT2D eigenvalue weighted by Gasteiger charge is -2.20. The van der Waals surface area contributed by atoms with Crippen LogP contribution in [-0.4, -0.2) is 34.9 Å². The Kier molecular flexibility index (Phi) is 41.3. The SMILES string of the molecule is CCC/C=C\CCCCCCCC/C=C/[C@@H](O)[C@H](CO)NC(=O)CCCCCCCCCCCCCCCCCCCCCCCCCCC. The van der Waals surface area contributed by atoms with Crippen LogP contribution in [0, 0.1) is 0 Å². The molecule has 0 radical (unpaired) electrons. The first-order chi connectivity index (χ1) is 24.7. The molecule has 0 saturated carbocycles. The normalized spacial score (nSPS) is 13.1. The van der Waals surface area contributed by atoms with Gasteiger partial charge in [-0.1, -0.05) is 224 Å². The molecule has 0 heterocycles. The molecule has 0 unspecified atom stereocenters. The molecule has 0 aromatic heterocycles. The van der Waals surface area contributed by atoms with E-state index in [1.165, 1.54) is 199 Å². The Morgan fingerprint density at radius 2 is 0.800 bits per heavy atom. The Morgan fingerprint density at radius 3 is 1.18 bits per heavy atom. The van der Waals surface area contributed by atoms with E-state index in [1.54, 1.807) is 6.08 Å². The van der Waals surface area contributed by atoms with Crippen molar-refractivity contribution in [1.82, 2.24) is 5.32 Å². The van der Waals surface area contributed by atoms with Gasteiger partial charge in [0.25, 0.3) is 0 Å². The van der Waals surface area contributed by atoms with Crippen LogP contribution in [0.1, 0.15) is 245 Å². The van der Waals surface area contributed by atoms with Crippen LogP contribution in [0.25, 0.3) is 0 Å². The van der Waals surface area contributed by atoms with Gasteiger partial charge in [0, 0.05) is 6.42 Å². The lowest BCUT2D eigenvalue weighted by Crippen LogP contribution is -2.45. The summed E-state index contributed by atoms with van der Waals surface area (Å²) >= 11 is 0. The Labute approximate surface area is 313 Å². The van der Waals surface area contributed by atoms with Crippen molar-refractivity contribution >= 4 is 5.91 Å². The van der Waals surface area contributed by atoms with Gasteiger partial charge in [0.2, 0.25) is 5.91 Å². The van der Waals surface area contributed by atoms with Crippen molar-refractivity contribution in [3.05, 3.63) is 24.3 Å². The highest BCUT2D eigenvalue weighted by atomic mass is 16.3. The van der Waals surface area contributed by atoms with Gasteiger partial charge in [0.15, 0.2) is 0 Å². The van der Waals surface area contributed by atoms with Crippen LogP contribution in [-0.2, 0) is 4.79 Å². The first-order valence-electron chi connectivity index (χ1n) is 22.6. The van der Waals surface area contributed by atoms with E-state index in [1.807, 2.05) is 6.08 Å². The Hall–Kier alpha value is -1.13. The summed E-state index contributed by atoms with van der Waals surface area (Å²) in [7, 11) is 0. The monoisotopic (exact) mass is 704 g/mol. The maximum atomic E-state index is 12.4. The molecule has 0 aromatic rings. The fourth-order valence-electron chi connectivity index (χ4n) is 6.95. The second-order valence-corrected chi connectivity index (χ2v) is 15.5. The van der Waals surface area contributed by atoms with E-state index in [2.05, 4.69) is 31.3 Å². The highest BCUT2D eigenvalue weighted by molar-refractivity contribution is 5.76. The van der Waals surface area contributed by atoms with Gasteiger partial charge in [0.05, 0.1) is 18.8 Å². The van der Waals surface area contributed by atoms with Crippen LogP contribution in [0.4, 0.5) is 0 Å². The van der Waals surface area contributed by atoms with Gasteiger partial charge >= 0.3 is 0 Å². The first kappa shape index (κ1) is 48.9. The quantitative estimate of drug-likeness (QED) is 0.0438. The van der Waals surface area contributed by atoms with Gasteiger partial charge in [-0.15, -0.1) is 0 Å². The average molecular weight is 704 g/mol. The summed E-state index contributed by atoms with van der Waals surface area (Å²) in [5, 5.41) is 23.0. The lowest BCUT2D eigenvalue weighted by molar-refractivity contribution is -0.123. The third kappa shape index (κ3) is 38.1. The zero-order chi connectivity index (χ0) is 36.4. The molecule has 0 aliphatic heterocycles. The van der Waals surface area contributed by atoms with Gasteiger partial charge < -0.3 is 15.5 Å². The summed E-state index contributed by atoms with van der Waals surface area (Å²) in [6, 6.07) is -0.621. The fourth-order valence-corrected chi connectivity index (χ4v) is 6.95. The number of rotatable bonds is 41. The summed E-state index contributed by atoms with van der Waals surface area (Å²) in [4.78, 5) is 12.4. The molecule has 0 bridgehead atoms. The lowest BCUT2D eigenvalue weighted by atomic mass is 10.0. The molecule has 0 rings (SSSR count). The molecule has 0 saturated heterocycles. The molecule has 0 aliphatic carbocycles. The Morgan fingerprint density at radius 1 is 0.460 bits per heavy atom. The number of unbranched alkanes of at least 4 members (excludes halogenated alkanes) is 32. The molecule has 4 heteroatoms.